The van der Waals surface area contributed by atoms with E-state index in [1.54, 1.807) is 11.6 Å². The Balaban J connectivity index is 1.69. The maximum atomic E-state index is 12.7. The fourth-order valence-electron chi connectivity index (χ4n) is 3.72. The minimum atomic E-state index is -0.593. The minimum Gasteiger partial charge on any atom is -0.459 e. The van der Waals surface area contributed by atoms with Crippen LogP contribution in [0.2, 0.25) is 0 Å². The van der Waals surface area contributed by atoms with E-state index in [-0.39, 0.29) is 37.2 Å². The molecular formula is C23H32N4O4. The van der Waals surface area contributed by atoms with Crippen LogP contribution < -0.4 is 5.32 Å². The van der Waals surface area contributed by atoms with E-state index in [4.69, 9.17) is 9.47 Å². The summed E-state index contributed by atoms with van der Waals surface area (Å²) in [6, 6.07) is 9.05. The van der Waals surface area contributed by atoms with Gasteiger partial charge in [0.25, 0.3) is 0 Å². The van der Waals surface area contributed by atoms with Gasteiger partial charge in [-0.05, 0) is 45.6 Å². The average molecular weight is 429 g/mol. The molecular weight excluding hydrogens is 396 g/mol. The van der Waals surface area contributed by atoms with Crippen LogP contribution in [0.4, 0.5) is 0 Å². The smallest absolute Gasteiger partial charge is 0.331 e. The van der Waals surface area contributed by atoms with Crippen molar-refractivity contribution in [1.82, 2.24) is 20.3 Å². The second-order valence-corrected chi connectivity index (χ2v) is 8.26. The van der Waals surface area contributed by atoms with Gasteiger partial charge in [-0.1, -0.05) is 48.4 Å². The molecule has 2 unspecified atom stereocenters. The predicted octanol–water partition coefficient (Wildman–Crippen LogP) is 3.28. The number of ether oxygens (including phenoxy) is 2. The summed E-state index contributed by atoms with van der Waals surface area (Å²) in [5.41, 5.74) is 2.54. The summed E-state index contributed by atoms with van der Waals surface area (Å²) >= 11 is 0. The quantitative estimate of drug-likeness (QED) is 0.649. The lowest BCUT2D eigenvalue weighted by Crippen LogP contribution is -2.33. The highest BCUT2D eigenvalue weighted by atomic mass is 16.5. The number of esters is 1. The molecule has 1 aliphatic rings. The van der Waals surface area contributed by atoms with Crippen LogP contribution in [0, 0.1) is 0 Å². The highest BCUT2D eigenvalue weighted by Gasteiger charge is 2.29. The van der Waals surface area contributed by atoms with E-state index in [9.17, 15) is 9.59 Å². The first-order valence-corrected chi connectivity index (χ1v) is 11.0. The molecule has 3 rings (SSSR count). The molecule has 0 saturated carbocycles. The zero-order valence-electron chi connectivity index (χ0n) is 18.5. The zero-order chi connectivity index (χ0) is 22.2. The van der Waals surface area contributed by atoms with Crippen LogP contribution in [0.3, 0.4) is 0 Å². The molecule has 31 heavy (non-hydrogen) atoms. The Labute approximate surface area is 183 Å². The van der Waals surface area contributed by atoms with Crippen LogP contribution in [-0.4, -0.2) is 39.5 Å². The fraction of sp³-hybridized carbons (Fsp3) is 0.565. The molecule has 2 aromatic rings. The van der Waals surface area contributed by atoms with Crippen molar-refractivity contribution in [2.75, 3.05) is 6.61 Å². The summed E-state index contributed by atoms with van der Waals surface area (Å²) in [5.74, 6) is -0.503. The third-order valence-corrected chi connectivity index (χ3v) is 5.30. The Morgan fingerprint density at radius 2 is 1.94 bits per heavy atom. The second-order valence-electron chi connectivity index (χ2n) is 8.26. The van der Waals surface area contributed by atoms with Crippen LogP contribution in [0.15, 0.2) is 30.3 Å². The molecule has 1 aromatic heterocycles. The highest BCUT2D eigenvalue weighted by Crippen LogP contribution is 2.30. The number of carbonyl (C=O) groups is 2. The Morgan fingerprint density at radius 3 is 2.68 bits per heavy atom. The van der Waals surface area contributed by atoms with Gasteiger partial charge < -0.3 is 14.8 Å². The highest BCUT2D eigenvalue weighted by molar-refractivity contribution is 5.77. The van der Waals surface area contributed by atoms with Gasteiger partial charge in [0.05, 0.1) is 5.69 Å². The SMILES string of the molecule is CC(C)NC(=O)COC1CCCCCc2c1nnn2C(C)C(=O)OCc1ccccc1. The molecule has 0 aliphatic heterocycles. The van der Waals surface area contributed by atoms with Crippen molar-refractivity contribution in [3.05, 3.63) is 47.3 Å². The number of benzene rings is 1. The number of hydrogen-bond acceptors (Lipinski definition) is 6. The van der Waals surface area contributed by atoms with Gasteiger partial charge >= 0.3 is 5.97 Å². The number of nitrogens with one attached hydrogen (secondary N) is 1. The Hall–Kier alpha value is -2.74. The zero-order valence-corrected chi connectivity index (χ0v) is 18.5. The largest absolute Gasteiger partial charge is 0.459 e. The molecule has 1 N–H and O–H groups in total. The van der Waals surface area contributed by atoms with E-state index in [0.29, 0.717) is 0 Å². The molecule has 0 fully saturated rings. The molecule has 8 heteroatoms. The van der Waals surface area contributed by atoms with Crippen LogP contribution in [0.25, 0.3) is 0 Å². The van der Waals surface area contributed by atoms with Crippen LogP contribution in [0.1, 0.15) is 75.6 Å². The molecule has 8 nitrogen and oxygen atoms in total. The third-order valence-electron chi connectivity index (χ3n) is 5.30. The van der Waals surface area contributed by atoms with Crippen molar-refractivity contribution in [3.63, 3.8) is 0 Å². The first-order valence-electron chi connectivity index (χ1n) is 11.0. The van der Waals surface area contributed by atoms with Gasteiger partial charge in [0, 0.05) is 6.04 Å². The van der Waals surface area contributed by atoms with Crippen LogP contribution >= 0.6 is 0 Å². The summed E-state index contributed by atoms with van der Waals surface area (Å²) in [6.45, 7) is 5.79. The number of amides is 1. The molecule has 0 radical (unpaired) electrons. The number of fused-ring (bicyclic) bond motifs is 1. The maximum Gasteiger partial charge on any atom is 0.331 e. The molecule has 1 aliphatic carbocycles. The van der Waals surface area contributed by atoms with Crippen molar-refractivity contribution in [2.45, 2.75) is 77.7 Å². The van der Waals surface area contributed by atoms with Crippen LogP contribution in [0.5, 0.6) is 0 Å². The van der Waals surface area contributed by atoms with Crippen molar-refractivity contribution in [2.24, 2.45) is 0 Å². The van der Waals surface area contributed by atoms with Crippen molar-refractivity contribution < 1.29 is 19.1 Å². The molecule has 2 atom stereocenters. The van der Waals surface area contributed by atoms with Crippen LogP contribution in [-0.2, 0) is 32.1 Å². The van der Waals surface area contributed by atoms with Gasteiger partial charge in [0.1, 0.15) is 31.1 Å². The summed E-state index contributed by atoms with van der Waals surface area (Å²) in [7, 11) is 0. The molecule has 0 spiro atoms. The molecule has 1 heterocycles. The minimum absolute atomic E-state index is 0.0240. The van der Waals surface area contributed by atoms with E-state index >= 15 is 0 Å². The van der Waals surface area contributed by atoms with Gasteiger partial charge in [-0.15, -0.1) is 5.10 Å². The number of aromatic nitrogens is 3. The van der Waals surface area contributed by atoms with E-state index in [1.165, 1.54) is 0 Å². The Morgan fingerprint density at radius 1 is 1.16 bits per heavy atom. The summed E-state index contributed by atoms with van der Waals surface area (Å²) in [4.78, 5) is 24.7. The Bertz CT molecular complexity index is 866. The first-order chi connectivity index (χ1) is 15.0. The summed E-state index contributed by atoms with van der Waals surface area (Å²) < 4.78 is 13.1. The van der Waals surface area contributed by atoms with Gasteiger partial charge in [-0.25, -0.2) is 9.48 Å². The Kier molecular flexibility index (Phi) is 8.17. The monoisotopic (exact) mass is 428 g/mol. The van der Waals surface area contributed by atoms with Crippen molar-refractivity contribution in [1.29, 1.82) is 0 Å². The standard InChI is InChI=1S/C23H32N4O4/c1-16(2)24-21(28)15-30-20-13-9-5-8-12-19-22(20)25-26-27(19)17(3)23(29)31-14-18-10-6-4-7-11-18/h4,6-7,10-11,16-17,20H,5,8-9,12-15H2,1-3H3,(H,24,28). The number of carbonyl (C=O) groups excluding carboxylic acids is 2. The lowest BCUT2D eigenvalue weighted by molar-refractivity contribution is -0.148. The van der Waals surface area contributed by atoms with Gasteiger partial charge in [-0.2, -0.15) is 0 Å². The maximum absolute atomic E-state index is 12.7. The lowest BCUT2D eigenvalue weighted by Gasteiger charge is -2.21. The number of nitrogens with zero attached hydrogens (tertiary/aromatic N) is 3. The lowest BCUT2D eigenvalue weighted by atomic mass is 9.98. The number of rotatable bonds is 8. The van der Waals surface area contributed by atoms with Gasteiger partial charge in [0.2, 0.25) is 5.91 Å². The van der Waals surface area contributed by atoms with E-state index < -0.39 is 6.04 Å². The van der Waals surface area contributed by atoms with E-state index in [1.807, 2.05) is 44.2 Å². The molecule has 1 aromatic carbocycles. The normalized spacial score (nSPS) is 17.4. The topological polar surface area (TPSA) is 95.3 Å². The van der Waals surface area contributed by atoms with Crippen molar-refractivity contribution in [3.8, 4) is 0 Å². The van der Waals surface area contributed by atoms with Gasteiger partial charge in [-0.3, -0.25) is 4.79 Å². The molecule has 1 amide bonds. The summed E-state index contributed by atoms with van der Waals surface area (Å²) in [5, 5.41) is 11.5. The number of hydrogen-bond donors (Lipinski definition) is 1. The van der Waals surface area contributed by atoms with E-state index in [2.05, 4.69) is 15.6 Å². The third kappa shape index (κ3) is 6.37. The van der Waals surface area contributed by atoms with E-state index in [0.717, 1.165) is 49.1 Å². The molecule has 168 valence electrons. The molecule has 0 bridgehead atoms. The van der Waals surface area contributed by atoms with Crippen molar-refractivity contribution >= 4 is 11.9 Å². The second kappa shape index (κ2) is 11.0. The summed E-state index contributed by atoms with van der Waals surface area (Å²) in [6.07, 6.45) is 4.26. The first kappa shape index (κ1) is 22.9. The molecule has 0 saturated heterocycles. The predicted molar refractivity (Wildman–Crippen MR) is 115 cm³/mol. The fourth-order valence-corrected chi connectivity index (χ4v) is 3.72. The van der Waals surface area contributed by atoms with Gasteiger partial charge in [0.15, 0.2) is 0 Å². The average Bonchev–Trinajstić information content (AvgIpc) is 3.14.